The van der Waals surface area contributed by atoms with E-state index < -0.39 is 0 Å². The summed E-state index contributed by atoms with van der Waals surface area (Å²) >= 11 is 0. The topological polar surface area (TPSA) is 12.0 Å². The highest BCUT2D eigenvalue weighted by molar-refractivity contribution is 5.29. The number of hydrogen-bond donors (Lipinski definition) is 1. The Morgan fingerprint density at radius 3 is 2.25 bits per heavy atom. The Balaban J connectivity index is 1.92. The van der Waals surface area contributed by atoms with Gasteiger partial charge in [0.1, 0.15) is 0 Å². The van der Waals surface area contributed by atoms with Gasteiger partial charge in [-0.15, -0.1) is 0 Å². The first-order valence-corrected chi connectivity index (χ1v) is 7.39. The van der Waals surface area contributed by atoms with Gasteiger partial charge in [0.05, 0.1) is 0 Å². The van der Waals surface area contributed by atoms with Crippen molar-refractivity contribution in [2.45, 2.75) is 46.7 Å². The minimum atomic E-state index is 0.483. The van der Waals surface area contributed by atoms with Crippen LogP contribution >= 0.6 is 0 Å². The SMILES string of the molecule is Cc1cc(C)cc(CNC(C)Cc2ccccc2C)c1. The number of aryl methyl sites for hydroxylation is 3. The molecule has 2 aromatic rings. The van der Waals surface area contributed by atoms with Gasteiger partial charge in [-0.3, -0.25) is 0 Å². The molecule has 1 heteroatoms. The lowest BCUT2D eigenvalue weighted by molar-refractivity contribution is 0.544. The van der Waals surface area contributed by atoms with Crippen LogP contribution in [0.15, 0.2) is 42.5 Å². The fraction of sp³-hybridized carbons (Fsp3) is 0.368. The van der Waals surface area contributed by atoms with E-state index in [1.807, 2.05) is 0 Å². The summed E-state index contributed by atoms with van der Waals surface area (Å²) in [6.07, 6.45) is 1.08. The van der Waals surface area contributed by atoms with Crippen molar-refractivity contribution in [2.75, 3.05) is 0 Å². The summed E-state index contributed by atoms with van der Waals surface area (Å²) in [5, 5.41) is 3.63. The minimum Gasteiger partial charge on any atom is -0.310 e. The van der Waals surface area contributed by atoms with Gasteiger partial charge in [0.25, 0.3) is 0 Å². The second-order valence-corrected chi connectivity index (χ2v) is 5.91. The summed E-state index contributed by atoms with van der Waals surface area (Å²) in [6, 6.07) is 15.9. The van der Waals surface area contributed by atoms with Crippen molar-refractivity contribution in [3.05, 3.63) is 70.3 Å². The lowest BCUT2D eigenvalue weighted by Gasteiger charge is -2.16. The molecule has 20 heavy (non-hydrogen) atoms. The van der Waals surface area contributed by atoms with Crippen LogP contribution in [-0.2, 0) is 13.0 Å². The maximum absolute atomic E-state index is 3.63. The lowest BCUT2D eigenvalue weighted by atomic mass is 10.0. The first-order chi connectivity index (χ1) is 9.54. The third-order valence-electron chi connectivity index (χ3n) is 3.72. The normalized spacial score (nSPS) is 12.4. The Bertz CT molecular complexity index is 551. The van der Waals surface area contributed by atoms with Crippen LogP contribution in [0.1, 0.15) is 34.7 Å². The fourth-order valence-electron chi connectivity index (χ4n) is 2.70. The van der Waals surface area contributed by atoms with Crippen molar-refractivity contribution in [2.24, 2.45) is 0 Å². The molecule has 1 N–H and O–H groups in total. The van der Waals surface area contributed by atoms with E-state index in [0.717, 1.165) is 13.0 Å². The van der Waals surface area contributed by atoms with Crippen LogP contribution in [0.25, 0.3) is 0 Å². The zero-order valence-electron chi connectivity index (χ0n) is 13.0. The summed E-state index contributed by atoms with van der Waals surface area (Å²) in [5.41, 5.74) is 6.88. The average Bonchev–Trinajstić information content (AvgIpc) is 2.38. The zero-order valence-corrected chi connectivity index (χ0v) is 13.0. The van der Waals surface area contributed by atoms with Gasteiger partial charge in [-0.1, -0.05) is 53.6 Å². The molecule has 0 aliphatic rings. The molecule has 0 aliphatic carbocycles. The van der Waals surface area contributed by atoms with Crippen LogP contribution in [0.2, 0.25) is 0 Å². The van der Waals surface area contributed by atoms with Gasteiger partial charge >= 0.3 is 0 Å². The van der Waals surface area contributed by atoms with E-state index in [1.165, 1.54) is 27.8 Å². The van der Waals surface area contributed by atoms with Crippen molar-refractivity contribution >= 4 is 0 Å². The van der Waals surface area contributed by atoms with Crippen molar-refractivity contribution in [1.82, 2.24) is 5.32 Å². The molecule has 0 spiro atoms. The summed E-state index contributed by atoms with van der Waals surface area (Å²) in [5.74, 6) is 0. The van der Waals surface area contributed by atoms with Gasteiger partial charge in [0.15, 0.2) is 0 Å². The van der Waals surface area contributed by atoms with Gasteiger partial charge in [-0.25, -0.2) is 0 Å². The standard InChI is InChI=1S/C19H25N/c1-14-9-15(2)11-18(10-14)13-20-17(4)12-19-8-6-5-7-16(19)3/h5-11,17,20H,12-13H2,1-4H3. The molecule has 1 atom stereocenters. The molecule has 0 aliphatic heterocycles. The van der Waals surface area contributed by atoms with Gasteiger partial charge < -0.3 is 5.32 Å². The Morgan fingerprint density at radius 2 is 1.60 bits per heavy atom. The van der Waals surface area contributed by atoms with Crippen LogP contribution in [0, 0.1) is 20.8 Å². The van der Waals surface area contributed by atoms with Crippen molar-refractivity contribution in [1.29, 1.82) is 0 Å². The molecule has 0 saturated carbocycles. The van der Waals surface area contributed by atoms with E-state index in [2.05, 4.69) is 75.5 Å². The highest BCUT2D eigenvalue weighted by atomic mass is 14.9. The van der Waals surface area contributed by atoms with Crippen LogP contribution in [0.5, 0.6) is 0 Å². The molecule has 1 nitrogen and oxygen atoms in total. The van der Waals surface area contributed by atoms with Gasteiger partial charge in [0.2, 0.25) is 0 Å². The van der Waals surface area contributed by atoms with Gasteiger partial charge in [-0.05, 0) is 50.8 Å². The predicted octanol–water partition coefficient (Wildman–Crippen LogP) is 4.33. The Morgan fingerprint density at radius 1 is 0.950 bits per heavy atom. The fourth-order valence-corrected chi connectivity index (χ4v) is 2.70. The molecular weight excluding hydrogens is 242 g/mol. The Labute approximate surface area is 123 Å². The smallest absolute Gasteiger partial charge is 0.0208 e. The summed E-state index contributed by atoms with van der Waals surface area (Å²) in [4.78, 5) is 0. The number of hydrogen-bond acceptors (Lipinski definition) is 1. The second kappa shape index (κ2) is 6.71. The van der Waals surface area contributed by atoms with Crippen LogP contribution < -0.4 is 5.32 Å². The largest absolute Gasteiger partial charge is 0.310 e. The van der Waals surface area contributed by atoms with Crippen LogP contribution in [0.3, 0.4) is 0 Å². The third kappa shape index (κ3) is 4.21. The lowest BCUT2D eigenvalue weighted by Crippen LogP contribution is -2.27. The maximum atomic E-state index is 3.63. The highest BCUT2D eigenvalue weighted by Crippen LogP contribution is 2.11. The summed E-state index contributed by atoms with van der Waals surface area (Å²) in [6.45, 7) is 9.71. The second-order valence-electron chi connectivity index (χ2n) is 5.91. The first kappa shape index (κ1) is 14.8. The molecule has 0 amide bonds. The number of nitrogens with one attached hydrogen (secondary N) is 1. The van der Waals surface area contributed by atoms with Crippen LogP contribution in [-0.4, -0.2) is 6.04 Å². The number of rotatable bonds is 5. The molecule has 0 bridgehead atoms. The van der Waals surface area contributed by atoms with E-state index in [-0.39, 0.29) is 0 Å². The summed E-state index contributed by atoms with van der Waals surface area (Å²) in [7, 11) is 0. The zero-order chi connectivity index (χ0) is 14.5. The molecular formula is C19H25N. The third-order valence-corrected chi connectivity index (χ3v) is 3.72. The van der Waals surface area contributed by atoms with E-state index in [1.54, 1.807) is 0 Å². The monoisotopic (exact) mass is 267 g/mol. The van der Waals surface area contributed by atoms with E-state index in [0.29, 0.717) is 6.04 Å². The molecule has 1 unspecified atom stereocenters. The molecule has 2 rings (SSSR count). The van der Waals surface area contributed by atoms with Crippen molar-refractivity contribution in [3.8, 4) is 0 Å². The molecule has 0 radical (unpaired) electrons. The molecule has 106 valence electrons. The average molecular weight is 267 g/mol. The summed E-state index contributed by atoms with van der Waals surface area (Å²) < 4.78 is 0. The van der Waals surface area contributed by atoms with Crippen molar-refractivity contribution < 1.29 is 0 Å². The van der Waals surface area contributed by atoms with E-state index >= 15 is 0 Å². The predicted molar refractivity (Wildman–Crippen MR) is 87.1 cm³/mol. The number of benzene rings is 2. The Hall–Kier alpha value is -1.60. The molecule has 0 saturated heterocycles. The quantitative estimate of drug-likeness (QED) is 0.850. The van der Waals surface area contributed by atoms with Gasteiger partial charge in [0, 0.05) is 12.6 Å². The first-order valence-electron chi connectivity index (χ1n) is 7.39. The van der Waals surface area contributed by atoms with E-state index in [4.69, 9.17) is 0 Å². The van der Waals surface area contributed by atoms with Crippen LogP contribution in [0.4, 0.5) is 0 Å². The molecule has 2 aromatic carbocycles. The minimum absolute atomic E-state index is 0.483. The maximum Gasteiger partial charge on any atom is 0.0208 e. The molecule has 0 fully saturated rings. The van der Waals surface area contributed by atoms with Gasteiger partial charge in [-0.2, -0.15) is 0 Å². The molecule has 0 heterocycles. The van der Waals surface area contributed by atoms with Crippen molar-refractivity contribution in [3.63, 3.8) is 0 Å². The highest BCUT2D eigenvalue weighted by Gasteiger charge is 2.05. The van der Waals surface area contributed by atoms with E-state index in [9.17, 15) is 0 Å². The Kier molecular flexibility index (Phi) is 4.97. The molecule has 0 aromatic heterocycles.